The Kier molecular flexibility index (Phi) is 6.40. The molecule has 0 aliphatic heterocycles. The van der Waals surface area contributed by atoms with E-state index in [9.17, 15) is 4.79 Å². The quantitative estimate of drug-likeness (QED) is 0.832. The minimum Gasteiger partial charge on any atom is -0.496 e. The fourth-order valence-electron chi connectivity index (χ4n) is 2.49. The van der Waals surface area contributed by atoms with E-state index in [2.05, 4.69) is 11.4 Å². The van der Waals surface area contributed by atoms with E-state index in [1.807, 2.05) is 26.1 Å². The van der Waals surface area contributed by atoms with E-state index in [1.54, 1.807) is 37.4 Å². The zero-order chi connectivity index (χ0) is 18.4. The van der Waals surface area contributed by atoms with Crippen LogP contribution in [0.15, 0.2) is 42.5 Å². The highest BCUT2D eigenvalue weighted by Crippen LogP contribution is 2.21. The van der Waals surface area contributed by atoms with Crippen molar-refractivity contribution >= 4 is 23.2 Å². The number of halogens is 1. The lowest BCUT2D eigenvalue weighted by atomic mass is 10.1. The Morgan fingerprint density at radius 1 is 1.36 bits per heavy atom. The maximum absolute atomic E-state index is 12.5. The van der Waals surface area contributed by atoms with Crippen LogP contribution < -0.4 is 15.0 Å². The van der Waals surface area contributed by atoms with Gasteiger partial charge in [-0.05, 0) is 37.3 Å². The molecule has 2 atom stereocenters. The number of nitrogens with zero attached hydrogens (tertiary/aromatic N) is 1. The fraction of sp³-hybridized carbons (Fsp3) is 0.263. The molecule has 2 rings (SSSR count). The molecule has 0 fully saturated rings. The number of hydrogen-bond acceptors (Lipinski definition) is 3. The van der Waals surface area contributed by atoms with E-state index in [4.69, 9.17) is 21.6 Å². The smallest absolute Gasteiger partial charge is 0.282 e. The fourth-order valence-corrected chi connectivity index (χ4v) is 2.69. The second-order valence-electron chi connectivity index (χ2n) is 5.85. The van der Waals surface area contributed by atoms with Gasteiger partial charge in [0.05, 0.1) is 25.4 Å². The first-order chi connectivity index (χ1) is 12.0. The lowest BCUT2D eigenvalue weighted by molar-refractivity contribution is -0.907. The standard InChI is InChI=1S/C19H20ClN3O2/c1-13(19(24)22-17-7-5-4-6-14(17)11-21)23(2)12-15-10-16(20)8-9-18(15)25-3/h4-10,13H,12H2,1-3H3,(H,22,24)/p+1/t13-/m0/s1. The molecule has 0 aliphatic carbocycles. The number of carbonyl (C=O) groups excluding carboxylic acids is 1. The molecule has 0 heterocycles. The first-order valence-corrected chi connectivity index (χ1v) is 8.28. The maximum Gasteiger partial charge on any atom is 0.282 e. The predicted molar refractivity (Wildman–Crippen MR) is 97.8 cm³/mol. The van der Waals surface area contributed by atoms with Crippen molar-refractivity contribution in [3.63, 3.8) is 0 Å². The van der Waals surface area contributed by atoms with Crippen molar-refractivity contribution in [1.82, 2.24) is 0 Å². The number of anilines is 1. The van der Waals surface area contributed by atoms with E-state index < -0.39 is 0 Å². The third-order valence-electron chi connectivity index (χ3n) is 4.15. The van der Waals surface area contributed by atoms with Gasteiger partial charge < -0.3 is 15.0 Å². The second kappa shape index (κ2) is 8.52. The maximum atomic E-state index is 12.5. The van der Waals surface area contributed by atoms with Crippen molar-refractivity contribution in [2.45, 2.75) is 19.5 Å². The molecule has 130 valence electrons. The molecule has 0 aliphatic rings. The highest BCUT2D eigenvalue weighted by atomic mass is 35.5. The number of likely N-dealkylation sites (N-methyl/N-ethyl adjacent to an activating group) is 1. The van der Waals surface area contributed by atoms with Crippen LogP contribution in [0.2, 0.25) is 5.02 Å². The lowest BCUT2D eigenvalue weighted by Crippen LogP contribution is -3.12. The zero-order valence-corrected chi connectivity index (χ0v) is 15.2. The summed E-state index contributed by atoms with van der Waals surface area (Å²) in [5, 5.41) is 12.6. The topological polar surface area (TPSA) is 66.6 Å². The molecule has 25 heavy (non-hydrogen) atoms. The number of nitriles is 1. The molecule has 1 unspecified atom stereocenters. The summed E-state index contributed by atoms with van der Waals surface area (Å²) in [6.45, 7) is 2.43. The Morgan fingerprint density at radius 3 is 2.76 bits per heavy atom. The Labute approximate surface area is 152 Å². The van der Waals surface area contributed by atoms with Crippen LogP contribution in [0.1, 0.15) is 18.1 Å². The molecule has 0 bridgehead atoms. The van der Waals surface area contributed by atoms with Crippen LogP contribution in [0.5, 0.6) is 5.75 Å². The van der Waals surface area contributed by atoms with E-state index in [-0.39, 0.29) is 11.9 Å². The van der Waals surface area contributed by atoms with Crippen molar-refractivity contribution < 1.29 is 14.4 Å². The first kappa shape index (κ1) is 18.8. The minimum atomic E-state index is -0.324. The van der Waals surface area contributed by atoms with Gasteiger partial charge in [-0.1, -0.05) is 23.7 Å². The Bertz CT molecular complexity index is 801. The van der Waals surface area contributed by atoms with Gasteiger partial charge in [0.1, 0.15) is 18.4 Å². The van der Waals surface area contributed by atoms with Gasteiger partial charge >= 0.3 is 0 Å². The average molecular weight is 359 g/mol. The molecule has 0 radical (unpaired) electrons. The number of rotatable bonds is 6. The van der Waals surface area contributed by atoms with Gasteiger partial charge in [0.15, 0.2) is 6.04 Å². The number of ether oxygens (including phenoxy) is 1. The van der Waals surface area contributed by atoms with Crippen molar-refractivity contribution in [2.75, 3.05) is 19.5 Å². The third kappa shape index (κ3) is 4.72. The number of amides is 1. The lowest BCUT2D eigenvalue weighted by Gasteiger charge is -2.22. The van der Waals surface area contributed by atoms with Crippen LogP contribution in [-0.4, -0.2) is 26.1 Å². The van der Waals surface area contributed by atoms with Gasteiger partial charge in [0.25, 0.3) is 5.91 Å². The molecule has 0 saturated heterocycles. The van der Waals surface area contributed by atoms with Crippen LogP contribution in [0.3, 0.4) is 0 Å². The first-order valence-electron chi connectivity index (χ1n) is 7.91. The largest absolute Gasteiger partial charge is 0.496 e. The normalized spacial score (nSPS) is 12.8. The zero-order valence-electron chi connectivity index (χ0n) is 14.5. The van der Waals surface area contributed by atoms with E-state index in [0.29, 0.717) is 22.8 Å². The number of benzene rings is 2. The summed E-state index contributed by atoms with van der Waals surface area (Å²) in [6, 6.07) is 14.1. The number of quaternary nitrogens is 1. The van der Waals surface area contributed by atoms with Gasteiger partial charge in [0, 0.05) is 10.6 Å². The Balaban J connectivity index is 2.09. The number of nitrogens with one attached hydrogen (secondary N) is 2. The molecule has 5 nitrogen and oxygen atoms in total. The van der Waals surface area contributed by atoms with E-state index in [1.165, 1.54) is 0 Å². The summed E-state index contributed by atoms with van der Waals surface area (Å²) in [6.07, 6.45) is 0. The molecule has 2 N–H and O–H groups in total. The van der Waals surface area contributed by atoms with Crippen LogP contribution in [0, 0.1) is 11.3 Å². The Hall–Kier alpha value is -2.55. The van der Waals surface area contributed by atoms with Crippen molar-refractivity contribution in [3.05, 3.63) is 58.6 Å². The van der Waals surface area contributed by atoms with Crippen molar-refractivity contribution in [1.29, 1.82) is 5.26 Å². The summed E-state index contributed by atoms with van der Waals surface area (Å²) >= 11 is 6.07. The third-order valence-corrected chi connectivity index (χ3v) is 4.38. The summed E-state index contributed by atoms with van der Waals surface area (Å²) < 4.78 is 5.36. The van der Waals surface area contributed by atoms with Crippen LogP contribution in [0.4, 0.5) is 5.69 Å². The van der Waals surface area contributed by atoms with E-state index >= 15 is 0 Å². The summed E-state index contributed by atoms with van der Waals surface area (Å²) in [5.41, 5.74) is 1.90. The van der Waals surface area contributed by atoms with Crippen LogP contribution in [0.25, 0.3) is 0 Å². The summed E-state index contributed by atoms with van der Waals surface area (Å²) in [7, 11) is 3.54. The number of methoxy groups -OCH3 is 1. The number of carbonyl (C=O) groups is 1. The second-order valence-corrected chi connectivity index (χ2v) is 6.28. The molecule has 2 aromatic rings. The predicted octanol–water partition coefficient (Wildman–Crippen LogP) is 2.26. The van der Waals surface area contributed by atoms with Gasteiger partial charge in [-0.3, -0.25) is 4.79 Å². The highest BCUT2D eigenvalue weighted by molar-refractivity contribution is 6.30. The summed E-state index contributed by atoms with van der Waals surface area (Å²) in [4.78, 5) is 13.5. The molecule has 0 aromatic heterocycles. The summed E-state index contributed by atoms with van der Waals surface area (Å²) in [5.74, 6) is 0.590. The Morgan fingerprint density at radius 2 is 2.08 bits per heavy atom. The van der Waals surface area contributed by atoms with Crippen molar-refractivity contribution in [3.8, 4) is 11.8 Å². The molecule has 6 heteroatoms. The van der Waals surface area contributed by atoms with E-state index in [0.717, 1.165) is 16.2 Å². The number of para-hydroxylation sites is 1. The van der Waals surface area contributed by atoms with Crippen LogP contribution in [-0.2, 0) is 11.3 Å². The van der Waals surface area contributed by atoms with Crippen LogP contribution >= 0.6 is 11.6 Å². The monoisotopic (exact) mass is 358 g/mol. The SMILES string of the molecule is COc1ccc(Cl)cc1C[NH+](C)[C@@H](C)C(=O)Nc1ccccc1C#N. The molecule has 0 spiro atoms. The number of hydrogen-bond donors (Lipinski definition) is 2. The van der Waals surface area contributed by atoms with Crippen molar-refractivity contribution in [2.24, 2.45) is 0 Å². The molecule has 2 aromatic carbocycles. The molecular weight excluding hydrogens is 338 g/mol. The molecule has 0 saturated carbocycles. The van der Waals surface area contributed by atoms with Gasteiger partial charge in [0.2, 0.25) is 0 Å². The van der Waals surface area contributed by atoms with Gasteiger partial charge in [-0.25, -0.2) is 0 Å². The van der Waals surface area contributed by atoms with Gasteiger partial charge in [-0.2, -0.15) is 5.26 Å². The average Bonchev–Trinajstić information content (AvgIpc) is 2.61. The molecular formula is C19H21ClN3O2+. The van der Waals surface area contributed by atoms with Gasteiger partial charge in [-0.15, -0.1) is 0 Å². The molecule has 1 amide bonds. The highest BCUT2D eigenvalue weighted by Gasteiger charge is 2.24. The minimum absolute atomic E-state index is 0.152.